The first-order valence-corrected chi connectivity index (χ1v) is 9.73. The van der Waals surface area contributed by atoms with E-state index >= 15 is 0 Å². The van der Waals surface area contributed by atoms with Crippen molar-refractivity contribution in [2.24, 2.45) is 0 Å². The molecule has 30 heavy (non-hydrogen) atoms. The third-order valence-electron chi connectivity index (χ3n) is 5.34. The number of pyridine rings is 1. The fourth-order valence-electron chi connectivity index (χ4n) is 3.57. The highest BCUT2D eigenvalue weighted by atomic mass is 35.5. The van der Waals surface area contributed by atoms with Gasteiger partial charge in [0, 0.05) is 41.8 Å². The van der Waals surface area contributed by atoms with Crippen LogP contribution in [0.15, 0.2) is 44.1 Å². The standard InChI is InChI=1S/C23H24N2O4.ClH/c1-13-5-6-17-19(10-21(27)29-22(17)14(13)2)20-9-18-16(11-24-7-4-8-26)12-25-15(3)23(18)28-20;/h5-6,9-10,12,24,26H,4,7-8,11H2,1-3H3;1H. The zero-order valence-corrected chi connectivity index (χ0v) is 18.1. The van der Waals surface area contributed by atoms with Gasteiger partial charge in [0.15, 0.2) is 5.58 Å². The van der Waals surface area contributed by atoms with Crippen LogP contribution in [0.3, 0.4) is 0 Å². The second-order valence-corrected chi connectivity index (χ2v) is 7.34. The highest BCUT2D eigenvalue weighted by Crippen LogP contribution is 2.35. The number of hydrogen-bond donors (Lipinski definition) is 2. The van der Waals surface area contributed by atoms with Crippen molar-refractivity contribution in [1.82, 2.24) is 10.3 Å². The third kappa shape index (κ3) is 3.99. The molecule has 0 radical (unpaired) electrons. The molecule has 0 bridgehead atoms. The van der Waals surface area contributed by atoms with Crippen LogP contribution >= 0.6 is 12.4 Å². The van der Waals surface area contributed by atoms with Gasteiger partial charge in [-0.2, -0.15) is 0 Å². The van der Waals surface area contributed by atoms with Crippen LogP contribution in [-0.4, -0.2) is 23.2 Å². The molecule has 6 nitrogen and oxygen atoms in total. The highest BCUT2D eigenvalue weighted by molar-refractivity contribution is 5.97. The molecule has 0 aliphatic heterocycles. The number of rotatable bonds is 6. The van der Waals surface area contributed by atoms with Gasteiger partial charge in [-0.25, -0.2) is 4.79 Å². The van der Waals surface area contributed by atoms with Gasteiger partial charge in [-0.1, -0.05) is 12.1 Å². The minimum absolute atomic E-state index is 0. The van der Waals surface area contributed by atoms with E-state index in [1.807, 2.05) is 45.2 Å². The van der Waals surface area contributed by atoms with Gasteiger partial charge in [0.2, 0.25) is 0 Å². The molecule has 0 aliphatic rings. The molecule has 4 aromatic rings. The number of nitrogens with one attached hydrogen (secondary N) is 1. The fraction of sp³-hybridized carbons (Fsp3) is 0.304. The van der Waals surface area contributed by atoms with Crippen molar-refractivity contribution in [2.75, 3.05) is 13.2 Å². The minimum Gasteiger partial charge on any atom is -0.454 e. The Morgan fingerprint density at radius 1 is 1.07 bits per heavy atom. The van der Waals surface area contributed by atoms with Crippen LogP contribution in [0.5, 0.6) is 0 Å². The number of aliphatic hydroxyl groups is 1. The Bertz CT molecular complexity index is 1260. The van der Waals surface area contributed by atoms with E-state index in [2.05, 4.69) is 10.3 Å². The Balaban J connectivity index is 0.00000256. The van der Waals surface area contributed by atoms with Crippen LogP contribution in [-0.2, 0) is 6.54 Å². The molecule has 158 valence electrons. The average Bonchev–Trinajstić information content (AvgIpc) is 3.16. The summed E-state index contributed by atoms with van der Waals surface area (Å²) in [4.78, 5) is 16.7. The van der Waals surface area contributed by atoms with Crippen molar-refractivity contribution in [1.29, 1.82) is 0 Å². The Kier molecular flexibility index (Phi) is 6.61. The van der Waals surface area contributed by atoms with Gasteiger partial charge in [0.1, 0.15) is 11.3 Å². The first-order valence-electron chi connectivity index (χ1n) is 9.73. The van der Waals surface area contributed by atoms with E-state index in [4.69, 9.17) is 13.9 Å². The predicted octanol–water partition coefficient (Wildman–Crippen LogP) is 4.42. The average molecular weight is 429 g/mol. The van der Waals surface area contributed by atoms with Gasteiger partial charge < -0.3 is 19.3 Å². The van der Waals surface area contributed by atoms with Crippen LogP contribution in [0, 0.1) is 20.8 Å². The number of aromatic nitrogens is 1. The van der Waals surface area contributed by atoms with E-state index in [9.17, 15) is 4.79 Å². The van der Waals surface area contributed by atoms with Crippen LogP contribution in [0.4, 0.5) is 0 Å². The molecular weight excluding hydrogens is 404 g/mol. The molecule has 0 unspecified atom stereocenters. The molecule has 2 N–H and O–H groups in total. The van der Waals surface area contributed by atoms with Crippen molar-refractivity contribution in [2.45, 2.75) is 33.7 Å². The van der Waals surface area contributed by atoms with E-state index in [0.717, 1.165) is 39.7 Å². The van der Waals surface area contributed by atoms with Gasteiger partial charge in [0.05, 0.1) is 5.69 Å². The smallest absolute Gasteiger partial charge is 0.336 e. The summed E-state index contributed by atoms with van der Waals surface area (Å²) >= 11 is 0. The number of fused-ring (bicyclic) bond motifs is 2. The van der Waals surface area contributed by atoms with Crippen molar-refractivity contribution in [3.05, 3.63) is 63.3 Å². The summed E-state index contributed by atoms with van der Waals surface area (Å²) in [5, 5.41) is 14.1. The third-order valence-corrected chi connectivity index (χ3v) is 5.34. The van der Waals surface area contributed by atoms with Gasteiger partial charge >= 0.3 is 5.63 Å². The lowest BCUT2D eigenvalue weighted by molar-refractivity contribution is 0.286. The van der Waals surface area contributed by atoms with Crippen molar-refractivity contribution in [3.8, 4) is 11.3 Å². The molecule has 7 heteroatoms. The monoisotopic (exact) mass is 428 g/mol. The lowest BCUT2D eigenvalue weighted by atomic mass is 10.0. The molecule has 0 fully saturated rings. The Labute approximate surface area is 180 Å². The number of aliphatic hydroxyl groups excluding tert-OH is 1. The Hall–Kier alpha value is -2.67. The Morgan fingerprint density at radius 2 is 1.87 bits per heavy atom. The number of benzene rings is 1. The summed E-state index contributed by atoms with van der Waals surface area (Å²) in [6.07, 6.45) is 2.54. The molecule has 0 atom stereocenters. The number of aryl methyl sites for hydroxylation is 3. The van der Waals surface area contributed by atoms with Gasteiger partial charge in [-0.3, -0.25) is 4.98 Å². The summed E-state index contributed by atoms with van der Waals surface area (Å²) < 4.78 is 11.7. The van der Waals surface area contributed by atoms with Gasteiger partial charge in [-0.05, 0) is 56.5 Å². The maximum absolute atomic E-state index is 12.2. The molecule has 0 saturated heterocycles. The number of halogens is 1. The SMILES string of the molecule is Cc1ccc2c(-c3cc4c(CNCCCO)cnc(C)c4o3)cc(=O)oc2c1C.Cl. The maximum atomic E-state index is 12.2. The van der Waals surface area contributed by atoms with E-state index in [0.29, 0.717) is 35.5 Å². The summed E-state index contributed by atoms with van der Waals surface area (Å²) in [5.74, 6) is 0.619. The molecule has 0 amide bonds. The number of hydrogen-bond acceptors (Lipinski definition) is 6. The fourth-order valence-corrected chi connectivity index (χ4v) is 3.57. The van der Waals surface area contributed by atoms with Crippen molar-refractivity contribution in [3.63, 3.8) is 0 Å². The summed E-state index contributed by atoms with van der Waals surface area (Å²) in [7, 11) is 0. The second kappa shape index (κ2) is 9.00. The highest BCUT2D eigenvalue weighted by Gasteiger charge is 2.17. The molecule has 0 saturated carbocycles. The molecule has 3 heterocycles. The maximum Gasteiger partial charge on any atom is 0.336 e. The van der Waals surface area contributed by atoms with E-state index < -0.39 is 5.63 Å². The topological polar surface area (TPSA) is 88.5 Å². The molecular formula is C23H25ClN2O4. The quantitative estimate of drug-likeness (QED) is 0.349. The van der Waals surface area contributed by atoms with Crippen molar-refractivity contribution < 1.29 is 13.9 Å². The van der Waals surface area contributed by atoms with Crippen LogP contribution in [0.1, 0.15) is 28.8 Å². The summed E-state index contributed by atoms with van der Waals surface area (Å²) in [6.45, 7) is 7.36. The predicted molar refractivity (Wildman–Crippen MR) is 120 cm³/mol. The van der Waals surface area contributed by atoms with E-state index in [1.165, 1.54) is 6.07 Å². The summed E-state index contributed by atoms with van der Waals surface area (Å²) in [6, 6.07) is 7.44. The van der Waals surface area contributed by atoms with Gasteiger partial charge in [0.25, 0.3) is 0 Å². The molecule has 0 aliphatic carbocycles. The molecule has 3 aromatic heterocycles. The van der Waals surface area contributed by atoms with E-state index in [-0.39, 0.29) is 19.0 Å². The van der Waals surface area contributed by atoms with E-state index in [1.54, 1.807) is 0 Å². The minimum atomic E-state index is -0.401. The van der Waals surface area contributed by atoms with Crippen molar-refractivity contribution >= 4 is 34.3 Å². The Morgan fingerprint density at radius 3 is 2.63 bits per heavy atom. The largest absolute Gasteiger partial charge is 0.454 e. The zero-order chi connectivity index (χ0) is 20.5. The first kappa shape index (κ1) is 22.0. The van der Waals surface area contributed by atoms with Crippen LogP contribution < -0.4 is 10.9 Å². The van der Waals surface area contributed by atoms with Gasteiger partial charge in [-0.15, -0.1) is 12.4 Å². The zero-order valence-electron chi connectivity index (χ0n) is 17.2. The lowest BCUT2D eigenvalue weighted by Crippen LogP contribution is -2.16. The number of nitrogens with zero attached hydrogens (tertiary/aromatic N) is 1. The summed E-state index contributed by atoms with van der Waals surface area (Å²) in [5.41, 5.74) is 5.45. The molecule has 0 spiro atoms. The lowest BCUT2D eigenvalue weighted by Gasteiger charge is -2.07. The normalized spacial score (nSPS) is 11.2. The second-order valence-electron chi connectivity index (χ2n) is 7.34. The van der Waals surface area contributed by atoms with Crippen LogP contribution in [0.2, 0.25) is 0 Å². The number of furan rings is 1. The first-order chi connectivity index (χ1) is 14.0. The molecule has 4 rings (SSSR count). The van der Waals surface area contributed by atoms with Crippen LogP contribution in [0.25, 0.3) is 33.3 Å². The molecule has 1 aromatic carbocycles.